The molecule has 4 heterocycles. The van der Waals surface area contributed by atoms with Crippen LogP contribution in [-0.2, 0) is 11.3 Å². The number of hydrogen-bond donors (Lipinski definition) is 2. The maximum Gasteiger partial charge on any atom is 0.134 e. The van der Waals surface area contributed by atoms with E-state index in [0.717, 1.165) is 76.1 Å². The quantitative estimate of drug-likeness (QED) is 0.619. The molecule has 0 spiro atoms. The van der Waals surface area contributed by atoms with Gasteiger partial charge < -0.3 is 19.9 Å². The molecule has 2 aromatic heterocycles. The van der Waals surface area contributed by atoms with Gasteiger partial charge in [0.1, 0.15) is 18.0 Å². The van der Waals surface area contributed by atoms with Crippen molar-refractivity contribution in [1.82, 2.24) is 25.5 Å². The van der Waals surface area contributed by atoms with Crippen LogP contribution in [0.3, 0.4) is 0 Å². The molecule has 168 valence electrons. The summed E-state index contributed by atoms with van der Waals surface area (Å²) in [4.78, 5) is 13.7. The zero-order valence-corrected chi connectivity index (χ0v) is 18.6. The van der Waals surface area contributed by atoms with Gasteiger partial charge in [0.25, 0.3) is 0 Å². The fraction of sp³-hybridized carbons (Fsp3) is 0.458. The molecule has 2 aliphatic heterocycles. The summed E-state index contributed by atoms with van der Waals surface area (Å²) in [5.41, 5.74) is 4.73. The molecule has 3 aromatic rings. The second-order valence-electron chi connectivity index (χ2n) is 8.64. The summed E-state index contributed by atoms with van der Waals surface area (Å²) in [6, 6.07) is 11.1. The number of anilines is 2. The van der Waals surface area contributed by atoms with Crippen molar-refractivity contribution < 1.29 is 4.74 Å². The number of benzene rings is 1. The molecule has 5 rings (SSSR count). The first kappa shape index (κ1) is 20.9. The van der Waals surface area contributed by atoms with E-state index in [1.807, 2.05) is 6.20 Å². The van der Waals surface area contributed by atoms with Crippen LogP contribution in [0, 0.1) is 6.92 Å². The Morgan fingerprint density at radius 3 is 2.78 bits per heavy atom. The molecule has 2 aliphatic rings. The lowest BCUT2D eigenvalue weighted by atomic mass is 10.0. The first-order valence-electron chi connectivity index (χ1n) is 11.5. The number of aryl methyl sites for hydroxylation is 1. The first-order valence-corrected chi connectivity index (χ1v) is 11.5. The lowest BCUT2D eigenvalue weighted by molar-refractivity contribution is 0.122. The second-order valence-corrected chi connectivity index (χ2v) is 8.64. The third-order valence-electron chi connectivity index (χ3n) is 6.32. The van der Waals surface area contributed by atoms with Gasteiger partial charge >= 0.3 is 0 Å². The van der Waals surface area contributed by atoms with Crippen LogP contribution >= 0.6 is 0 Å². The zero-order valence-electron chi connectivity index (χ0n) is 18.6. The van der Waals surface area contributed by atoms with Gasteiger partial charge in [0.05, 0.1) is 25.1 Å². The highest BCUT2D eigenvalue weighted by molar-refractivity contribution is 5.63. The topological polar surface area (TPSA) is 82.2 Å². The van der Waals surface area contributed by atoms with Crippen molar-refractivity contribution in [2.24, 2.45) is 0 Å². The van der Waals surface area contributed by atoms with Crippen molar-refractivity contribution in [3.63, 3.8) is 0 Å². The fourth-order valence-corrected chi connectivity index (χ4v) is 4.58. The first-order chi connectivity index (χ1) is 15.8. The van der Waals surface area contributed by atoms with Gasteiger partial charge in [-0.2, -0.15) is 5.10 Å². The van der Waals surface area contributed by atoms with Gasteiger partial charge in [-0.3, -0.25) is 5.10 Å². The summed E-state index contributed by atoms with van der Waals surface area (Å²) in [5.74, 6) is 2.01. The van der Waals surface area contributed by atoms with E-state index in [9.17, 15) is 0 Å². The fourth-order valence-electron chi connectivity index (χ4n) is 4.58. The Balaban J connectivity index is 1.23. The van der Waals surface area contributed by atoms with Crippen molar-refractivity contribution in [2.75, 3.05) is 49.2 Å². The van der Waals surface area contributed by atoms with E-state index in [4.69, 9.17) is 4.74 Å². The van der Waals surface area contributed by atoms with Crippen molar-refractivity contribution in [1.29, 1.82) is 0 Å². The third-order valence-corrected chi connectivity index (χ3v) is 6.32. The molecule has 8 nitrogen and oxygen atoms in total. The van der Waals surface area contributed by atoms with Crippen LogP contribution in [-0.4, -0.2) is 65.6 Å². The third kappa shape index (κ3) is 4.76. The predicted molar refractivity (Wildman–Crippen MR) is 126 cm³/mol. The average molecular weight is 434 g/mol. The molecule has 2 N–H and O–H groups in total. The summed E-state index contributed by atoms with van der Waals surface area (Å²) in [6.07, 6.45) is 5.93. The molecule has 0 bridgehead atoms. The molecular formula is C24H31N7O. The monoisotopic (exact) mass is 433 g/mol. The highest BCUT2D eigenvalue weighted by Crippen LogP contribution is 2.24. The Morgan fingerprint density at radius 1 is 1.09 bits per heavy atom. The molecule has 0 unspecified atom stereocenters. The normalized spacial score (nSPS) is 19.3. The van der Waals surface area contributed by atoms with Crippen LogP contribution in [0.1, 0.15) is 24.0 Å². The summed E-state index contributed by atoms with van der Waals surface area (Å²) in [7, 11) is 0. The molecule has 2 saturated heterocycles. The SMILES string of the molecule is Cc1cccc(-c2[nH]ncc2CN[C@H]2CCCN(c3cc(N4CCOCC4)ncn3)C2)c1. The minimum absolute atomic E-state index is 0.408. The summed E-state index contributed by atoms with van der Waals surface area (Å²) < 4.78 is 5.47. The van der Waals surface area contributed by atoms with Crippen molar-refractivity contribution in [3.05, 3.63) is 54.0 Å². The van der Waals surface area contributed by atoms with Crippen molar-refractivity contribution in [3.8, 4) is 11.3 Å². The van der Waals surface area contributed by atoms with Crippen LogP contribution in [0.5, 0.6) is 0 Å². The van der Waals surface area contributed by atoms with Crippen LogP contribution in [0.4, 0.5) is 11.6 Å². The minimum Gasteiger partial charge on any atom is -0.378 e. The molecular weight excluding hydrogens is 402 g/mol. The van der Waals surface area contributed by atoms with Gasteiger partial charge in [0, 0.05) is 56.0 Å². The van der Waals surface area contributed by atoms with Crippen LogP contribution in [0.2, 0.25) is 0 Å². The Bertz CT molecular complexity index is 1030. The van der Waals surface area contributed by atoms with Crippen molar-refractivity contribution >= 4 is 11.6 Å². The maximum atomic E-state index is 5.47. The number of nitrogens with one attached hydrogen (secondary N) is 2. The molecule has 8 heteroatoms. The number of rotatable bonds is 6. The molecule has 0 aliphatic carbocycles. The van der Waals surface area contributed by atoms with E-state index in [1.165, 1.54) is 16.7 Å². The van der Waals surface area contributed by atoms with Crippen LogP contribution < -0.4 is 15.1 Å². The second kappa shape index (κ2) is 9.67. The van der Waals surface area contributed by atoms with E-state index in [0.29, 0.717) is 6.04 Å². The standard InChI is InChI=1S/C24H31N7O/c1-18-4-2-5-19(12-18)24-20(15-28-29-24)14-25-21-6-3-7-31(16-21)23-13-22(26-17-27-23)30-8-10-32-11-9-30/h2,4-5,12-13,15,17,21,25H,3,6-11,14,16H2,1H3,(H,28,29)/t21-/m0/s1. The number of nitrogens with zero attached hydrogens (tertiary/aromatic N) is 5. The van der Waals surface area contributed by atoms with E-state index in [2.05, 4.69) is 72.5 Å². The van der Waals surface area contributed by atoms with Gasteiger partial charge in [-0.1, -0.05) is 23.8 Å². The van der Waals surface area contributed by atoms with E-state index < -0.39 is 0 Å². The van der Waals surface area contributed by atoms with Gasteiger partial charge in [0.2, 0.25) is 0 Å². The number of aromatic nitrogens is 4. The summed E-state index contributed by atoms with van der Waals surface area (Å²) >= 11 is 0. The maximum absolute atomic E-state index is 5.47. The lowest BCUT2D eigenvalue weighted by Crippen LogP contribution is -2.46. The van der Waals surface area contributed by atoms with Gasteiger partial charge in [-0.25, -0.2) is 9.97 Å². The molecule has 1 aromatic carbocycles. The Kier molecular flexibility index (Phi) is 6.31. The summed E-state index contributed by atoms with van der Waals surface area (Å²) in [5, 5.41) is 11.2. The van der Waals surface area contributed by atoms with Crippen LogP contribution in [0.15, 0.2) is 42.9 Å². The lowest BCUT2D eigenvalue weighted by Gasteiger charge is -2.35. The van der Waals surface area contributed by atoms with Gasteiger partial charge in [-0.15, -0.1) is 0 Å². The molecule has 2 fully saturated rings. The largest absolute Gasteiger partial charge is 0.378 e. The molecule has 0 radical (unpaired) electrons. The number of piperidine rings is 1. The zero-order chi connectivity index (χ0) is 21.8. The predicted octanol–water partition coefficient (Wildman–Crippen LogP) is 2.77. The minimum atomic E-state index is 0.408. The average Bonchev–Trinajstić information content (AvgIpc) is 3.32. The molecule has 0 amide bonds. The number of morpholine rings is 1. The van der Waals surface area contributed by atoms with E-state index >= 15 is 0 Å². The molecule has 0 saturated carbocycles. The Morgan fingerprint density at radius 2 is 1.94 bits per heavy atom. The van der Waals surface area contributed by atoms with Gasteiger partial charge in [-0.05, 0) is 25.8 Å². The highest BCUT2D eigenvalue weighted by Gasteiger charge is 2.22. The van der Waals surface area contributed by atoms with Crippen molar-refractivity contribution in [2.45, 2.75) is 32.4 Å². The smallest absolute Gasteiger partial charge is 0.134 e. The number of aromatic amines is 1. The Labute approximate surface area is 189 Å². The number of H-pyrrole nitrogens is 1. The highest BCUT2D eigenvalue weighted by atomic mass is 16.5. The summed E-state index contributed by atoms with van der Waals surface area (Å²) in [6.45, 7) is 8.16. The number of hydrogen-bond acceptors (Lipinski definition) is 7. The molecule has 32 heavy (non-hydrogen) atoms. The molecule has 1 atom stereocenters. The van der Waals surface area contributed by atoms with E-state index in [-0.39, 0.29) is 0 Å². The number of ether oxygens (including phenoxy) is 1. The van der Waals surface area contributed by atoms with E-state index in [1.54, 1.807) is 6.33 Å². The van der Waals surface area contributed by atoms with Crippen LogP contribution in [0.25, 0.3) is 11.3 Å². The Hall–Kier alpha value is -2.97. The van der Waals surface area contributed by atoms with Gasteiger partial charge in [0.15, 0.2) is 0 Å².